The van der Waals surface area contributed by atoms with Gasteiger partial charge < -0.3 is 25.2 Å². The number of rotatable bonds is 8. The molecule has 0 radical (unpaired) electrons. The maximum Gasteiger partial charge on any atom is 0.280 e. The normalized spacial score (nSPS) is 17.6. The van der Waals surface area contributed by atoms with Gasteiger partial charge in [-0.3, -0.25) is 4.79 Å². The Morgan fingerprint density at radius 2 is 1.88 bits per heavy atom. The summed E-state index contributed by atoms with van der Waals surface area (Å²) in [7, 11) is 0. The number of hydrogen-bond donors (Lipinski definition) is 5. The van der Waals surface area contributed by atoms with E-state index in [-0.39, 0.29) is 0 Å². The predicted molar refractivity (Wildman–Crippen MR) is 92.6 cm³/mol. The second-order valence-electron chi connectivity index (χ2n) is 5.64. The summed E-state index contributed by atoms with van der Waals surface area (Å²) in [6, 6.07) is 4.98. The molecule has 1 aromatic rings. The van der Waals surface area contributed by atoms with Crippen LogP contribution in [0.5, 0.6) is 5.75 Å². The highest BCUT2D eigenvalue weighted by atomic mass is 35.5. The topological polar surface area (TPSA) is 132 Å². The minimum atomic E-state index is -1.65. The molecule has 0 spiro atoms. The fourth-order valence-corrected chi connectivity index (χ4v) is 2.06. The van der Waals surface area contributed by atoms with Crippen LogP contribution in [0.2, 0.25) is 5.02 Å². The lowest BCUT2D eigenvalue weighted by Crippen LogP contribution is -2.44. The lowest BCUT2D eigenvalue weighted by atomic mass is 10.1. The number of carbonyl (C=O) groups is 1. The van der Waals surface area contributed by atoms with Crippen molar-refractivity contribution in [3.8, 4) is 5.75 Å². The van der Waals surface area contributed by atoms with Crippen LogP contribution in [0.3, 0.4) is 0 Å². The van der Waals surface area contributed by atoms with Gasteiger partial charge in [0.25, 0.3) is 5.91 Å². The minimum absolute atomic E-state index is 0.492. The van der Waals surface area contributed by atoms with Crippen LogP contribution in [0, 0.1) is 6.92 Å². The summed E-state index contributed by atoms with van der Waals surface area (Å²) in [5.74, 6) is -0.0880. The summed E-state index contributed by atoms with van der Waals surface area (Å²) in [4.78, 5) is 11.9. The molecule has 1 aromatic carbocycles. The van der Waals surface area contributed by atoms with Crippen molar-refractivity contribution in [1.82, 2.24) is 5.43 Å². The zero-order valence-corrected chi connectivity index (χ0v) is 14.9. The molecule has 0 heterocycles. The molecular formula is C16H23ClN2O6. The van der Waals surface area contributed by atoms with Gasteiger partial charge in [0, 0.05) is 5.02 Å². The van der Waals surface area contributed by atoms with E-state index in [4.69, 9.17) is 21.4 Å². The molecule has 1 amide bonds. The van der Waals surface area contributed by atoms with Gasteiger partial charge in [-0.25, -0.2) is 5.43 Å². The van der Waals surface area contributed by atoms with Crippen LogP contribution < -0.4 is 10.2 Å². The molecule has 0 aromatic heterocycles. The summed E-state index contributed by atoms with van der Waals surface area (Å²) < 4.78 is 5.51. The van der Waals surface area contributed by atoms with Crippen LogP contribution in [0.1, 0.15) is 19.4 Å². The van der Waals surface area contributed by atoms with Crippen molar-refractivity contribution in [1.29, 1.82) is 0 Å². The Bertz CT molecular complexity index is 610. The molecule has 0 aliphatic heterocycles. The number of benzene rings is 1. The summed E-state index contributed by atoms with van der Waals surface area (Å²) in [5.41, 5.74) is 2.92. The van der Waals surface area contributed by atoms with Crippen molar-refractivity contribution < 1.29 is 30.0 Å². The van der Waals surface area contributed by atoms with Crippen molar-refractivity contribution in [2.45, 2.75) is 51.3 Å². The van der Waals surface area contributed by atoms with E-state index in [1.54, 1.807) is 25.1 Å². The van der Waals surface area contributed by atoms with Gasteiger partial charge in [0.15, 0.2) is 6.10 Å². The Labute approximate surface area is 150 Å². The van der Waals surface area contributed by atoms with Crippen molar-refractivity contribution in [3.63, 3.8) is 0 Å². The number of ether oxygens (including phenoxy) is 1. The predicted octanol–water partition coefficient (Wildman–Crippen LogP) is -0.0188. The van der Waals surface area contributed by atoms with Gasteiger partial charge in [0.1, 0.15) is 24.1 Å². The van der Waals surface area contributed by atoms with Gasteiger partial charge in [-0.1, -0.05) is 11.6 Å². The largest absolute Gasteiger partial charge is 0.481 e. The Morgan fingerprint density at radius 3 is 2.44 bits per heavy atom. The standard InChI is InChI=1S/C16H23ClN2O6/c1-8-6-11(17)4-5-13(8)25-10(3)16(24)19-18-7-12(21)15(23)14(22)9(2)20/h4-7,9-10,12,14-15,20-23H,1-3H3,(H,19,24)/b18-7-/t9-,10+,12-,14-,15+/m1/s1. The fraction of sp³-hybridized carbons (Fsp3) is 0.500. The highest BCUT2D eigenvalue weighted by molar-refractivity contribution is 6.30. The number of aryl methyl sites for hydroxylation is 1. The first kappa shape index (κ1) is 21.3. The SMILES string of the molecule is Cc1cc(Cl)ccc1O[C@@H](C)C(=O)N/N=C\[C@@H](O)[C@H](O)[C@H](O)[C@@H](C)O. The lowest BCUT2D eigenvalue weighted by molar-refractivity contribution is -0.127. The molecule has 140 valence electrons. The Balaban J connectivity index is 2.55. The summed E-state index contributed by atoms with van der Waals surface area (Å²) in [6.45, 7) is 4.56. The average Bonchev–Trinajstić information content (AvgIpc) is 2.55. The number of amides is 1. The third kappa shape index (κ3) is 6.60. The van der Waals surface area contributed by atoms with E-state index in [0.717, 1.165) is 11.8 Å². The molecule has 0 saturated carbocycles. The molecule has 5 atom stereocenters. The molecule has 0 bridgehead atoms. The first-order chi connectivity index (χ1) is 11.6. The van der Waals surface area contributed by atoms with Gasteiger partial charge in [0.2, 0.25) is 0 Å². The van der Waals surface area contributed by atoms with Crippen LogP contribution in [0.4, 0.5) is 0 Å². The fourth-order valence-electron chi connectivity index (χ4n) is 1.83. The zero-order valence-electron chi connectivity index (χ0n) is 14.1. The molecule has 8 nitrogen and oxygen atoms in total. The van der Waals surface area contributed by atoms with Gasteiger partial charge in [-0.2, -0.15) is 5.10 Å². The van der Waals surface area contributed by atoms with E-state index in [0.29, 0.717) is 10.8 Å². The first-order valence-corrected chi connectivity index (χ1v) is 7.99. The van der Waals surface area contributed by atoms with Crippen molar-refractivity contribution in [2.75, 3.05) is 0 Å². The Hall–Kier alpha value is -1.71. The number of halogens is 1. The monoisotopic (exact) mass is 374 g/mol. The molecule has 1 rings (SSSR count). The third-order valence-corrected chi connectivity index (χ3v) is 3.64. The minimum Gasteiger partial charge on any atom is -0.481 e. The van der Waals surface area contributed by atoms with E-state index in [1.807, 2.05) is 0 Å². The quantitative estimate of drug-likeness (QED) is 0.321. The maximum atomic E-state index is 11.9. The van der Waals surface area contributed by atoms with Crippen LogP contribution in [-0.4, -0.2) is 63.1 Å². The lowest BCUT2D eigenvalue weighted by Gasteiger charge is -2.22. The second kappa shape index (κ2) is 9.69. The van der Waals surface area contributed by atoms with Crippen molar-refractivity contribution in [2.24, 2.45) is 5.10 Å². The van der Waals surface area contributed by atoms with E-state index >= 15 is 0 Å². The summed E-state index contributed by atoms with van der Waals surface area (Å²) >= 11 is 5.85. The van der Waals surface area contributed by atoms with Crippen LogP contribution in [0.25, 0.3) is 0 Å². The number of carbonyl (C=O) groups excluding carboxylic acids is 1. The van der Waals surface area contributed by atoms with Crippen molar-refractivity contribution >= 4 is 23.7 Å². The molecule has 25 heavy (non-hydrogen) atoms. The number of aliphatic hydroxyl groups is 4. The average molecular weight is 375 g/mol. The number of nitrogens with one attached hydrogen (secondary N) is 1. The Morgan fingerprint density at radius 1 is 1.24 bits per heavy atom. The van der Waals surface area contributed by atoms with Gasteiger partial charge in [-0.15, -0.1) is 0 Å². The second-order valence-corrected chi connectivity index (χ2v) is 6.07. The summed E-state index contributed by atoms with van der Waals surface area (Å²) in [5, 5.41) is 41.8. The maximum absolute atomic E-state index is 11.9. The van der Waals surface area contributed by atoms with Crippen LogP contribution >= 0.6 is 11.6 Å². The summed E-state index contributed by atoms with van der Waals surface area (Å²) in [6.07, 6.45) is -6.03. The molecule has 0 fully saturated rings. The molecule has 0 unspecified atom stereocenters. The van der Waals surface area contributed by atoms with E-state index in [1.165, 1.54) is 13.8 Å². The molecule has 0 saturated heterocycles. The molecule has 9 heteroatoms. The van der Waals surface area contributed by atoms with E-state index in [9.17, 15) is 20.1 Å². The molecular weight excluding hydrogens is 352 g/mol. The highest BCUT2D eigenvalue weighted by Gasteiger charge is 2.27. The van der Waals surface area contributed by atoms with Gasteiger partial charge in [0.05, 0.1) is 12.3 Å². The van der Waals surface area contributed by atoms with E-state index < -0.39 is 36.4 Å². The van der Waals surface area contributed by atoms with Gasteiger partial charge >= 0.3 is 0 Å². The number of aliphatic hydroxyl groups excluding tert-OH is 4. The number of nitrogens with zero attached hydrogens (tertiary/aromatic N) is 1. The zero-order chi connectivity index (χ0) is 19.1. The smallest absolute Gasteiger partial charge is 0.280 e. The Kier molecular flexibility index (Phi) is 8.27. The first-order valence-electron chi connectivity index (χ1n) is 7.61. The van der Waals surface area contributed by atoms with Gasteiger partial charge in [-0.05, 0) is 44.5 Å². The van der Waals surface area contributed by atoms with E-state index in [2.05, 4.69) is 10.5 Å². The highest BCUT2D eigenvalue weighted by Crippen LogP contribution is 2.22. The third-order valence-electron chi connectivity index (χ3n) is 3.41. The number of hydrogen-bond acceptors (Lipinski definition) is 7. The molecule has 0 aliphatic rings. The molecule has 5 N–H and O–H groups in total. The van der Waals surface area contributed by atoms with Crippen molar-refractivity contribution in [3.05, 3.63) is 28.8 Å². The van der Waals surface area contributed by atoms with Crippen LogP contribution in [-0.2, 0) is 4.79 Å². The van der Waals surface area contributed by atoms with Crippen LogP contribution in [0.15, 0.2) is 23.3 Å². The molecule has 0 aliphatic carbocycles. The number of hydrazone groups is 1.